The SMILES string of the molecule is CC[C@H]1OC(=O)[C@H](C)C(=O)[C@H](C)[C@@H](O[C@@H]2O[C@H](C)C[C@H](N(C)C)[C@H]2O)[C@](C)(OC(=O)OC/C(F)=C/c2ccc(-c3ncccn3)cc2)C[C@@H](C)C(=O)[C@H](C)[C@H]2NC(=O)O[C@@]21C. The third-order valence-corrected chi connectivity index (χ3v) is 12.2. The molecule has 13 atom stereocenters. The Kier molecular flexibility index (Phi) is 15.1. The minimum atomic E-state index is -1.94. The number of ether oxygens (including phenoxy) is 6. The molecule has 334 valence electrons. The van der Waals surface area contributed by atoms with Crippen LogP contribution in [0.5, 0.6) is 0 Å². The van der Waals surface area contributed by atoms with Crippen LogP contribution in [0.25, 0.3) is 17.5 Å². The predicted molar refractivity (Wildman–Crippen MR) is 218 cm³/mol. The summed E-state index contributed by atoms with van der Waals surface area (Å²) in [5.74, 6) is -6.86. The molecule has 0 spiro atoms. The first kappa shape index (κ1) is 47.2. The average Bonchev–Trinajstić information content (AvgIpc) is 3.54. The summed E-state index contributed by atoms with van der Waals surface area (Å²) in [4.78, 5) is 79.3. The number of Topliss-reactive ketones (excluding diaryl/α,β-unsaturated/α-hetero) is 2. The molecule has 1 aromatic carbocycles. The van der Waals surface area contributed by atoms with Crippen LogP contribution >= 0.6 is 0 Å². The zero-order chi connectivity index (χ0) is 45.0. The number of carbonyl (C=O) groups excluding carboxylic acids is 5. The largest absolute Gasteiger partial charge is 0.509 e. The van der Waals surface area contributed by atoms with Gasteiger partial charge in [-0.3, -0.25) is 14.4 Å². The number of aromatic nitrogens is 2. The highest BCUT2D eigenvalue weighted by Crippen LogP contribution is 2.40. The summed E-state index contributed by atoms with van der Waals surface area (Å²) in [5.41, 5.74) is -2.25. The second-order valence-corrected chi connectivity index (χ2v) is 17.1. The van der Waals surface area contributed by atoms with E-state index in [1.807, 2.05) is 4.90 Å². The molecule has 2 N–H and O–H groups in total. The van der Waals surface area contributed by atoms with Crippen molar-refractivity contribution in [3.8, 4) is 11.4 Å². The molecule has 16 nitrogen and oxygen atoms in total. The fourth-order valence-corrected chi connectivity index (χ4v) is 8.83. The number of hydrogen-bond acceptors (Lipinski definition) is 15. The quantitative estimate of drug-likeness (QED) is 0.183. The molecule has 1 aromatic heterocycles. The van der Waals surface area contributed by atoms with E-state index in [4.69, 9.17) is 28.4 Å². The molecular formula is C44H59FN4O12. The Balaban J connectivity index is 1.50. The van der Waals surface area contributed by atoms with Crippen molar-refractivity contribution >= 4 is 35.9 Å². The van der Waals surface area contributed by atoms with Crippen LogP contribution in [0.15, 0.2) is 48.6 Å². The van der Waals surface area contributed by atoms with E-state index in [0.717, 1.165) is 0 Å². The van der Waals surface area contributed by atoms with Crippen molar-refractivity contribution < 1.29 is 61.9 Å². The van der Waals surface area contributed by atoms with Gasteiger partial charge >= 0.3 is 18.2 Å². The Hall–Kier alpha value is -4.84. The Morgan fingerprint density at radius 3 is 2.30 bits per heavy atom. The lowest BCUT2D eigenvalue weighted by Crippen LogP contribution is -2.60. The van der Waals surface area contributed by atoms with Crippen LogP contribution in [0.1, 0.15) is 80.2 Å². The number of fused-ring (bicyclic) bond motifs is 1. The van der Waals surface area contributed by atoms with Gasteiger partial charge < -0.3 is 43.7 Å². The smallest absolute Gasteiger partial charge is 0.458 e. The van der Waals surface area contributed by atoms with Gasteiger partial charge in [-0.1, -0.05) is 52.0 Å². The Morgan fingerprint density at radius 2 is 1.67 bits per heavy atom. The summed E-state index contributed by atoms with van der Waals surface area (Å²) >= 11 is 0. The third-order valence-electron chi connectivity index (χ3n) is 12.2. The number of aliphatic hydroxyl groups excluding tert-OH is 1. The number of ketones is 2. The second kappa shape index (κ2) is 19.5. The number of cyclic esters (lactones) is 1. The molecule has 0 radical (unpaired) electrons. The number of carbonyl (C=O) groups is 5. The van der Waals surface area contributed by atoms with Gasteiger partial charge in [0.25, 0.3) is 0 Å². The third kappa shape index (κ3) is 10.6. The van der Waals surface area contributed by atoms with Crippen LogP contribution in [0.4, 0.5) is 14.0 Å². The summed E-state index contributed by atoms with van der Waals surface area (Å²) in [6.45, 7) is 11.7. The van der Waals surface area contributed by atoms with Crippen LogP contribution < -0.4 is 5.32 Å². The number of esters is 1. The van der Waals surface area contributed by atoms with E-state index in [0.29, 0.717) is 23.4 Å². The number of amides is 1. The Labute approximate surface area is 355 Å². The zero-order valence-corrected chi connectivity index (χ0v) is 36.5. The average molecular weight is 855 g/mol. The van der Waals surface area contributed by atoms with E-state index in [1.54, 1.807) is 91.4 Å². The van der Waals surface area contributed by atoms with Gasteiger partial charge in [0.05, 0.1) is 12.1 Å². The maximum atomic E-state index is 15.3. The molecule has 3 aliphatic rings. The first-order valence-electron chi connectivity index (χ1n) is 20.7. The number of aliphatic hydroxyl groups is 1. The van der Waals surface area contributed by atoms with E-state index in [-0.39, 0.29) is 18.6 Å². The lowest BCUT2D eigenvalue weighted by Gasteiger charge is -2.46. The highest BCUT2D eigenvalue weighted by molar-refractivity contribution is 6.00. The normalized spacial score (nSPS) is 35.4. The van der Waals surface area contributed by atoms with Gasteiger partial charge in [-0.25, -0.2) is 23.9 Å². The summed E-state index contributed by atoms with van der Waals surface area (Å²) in [6, 6.07) is 7.02. The van der Waals surface area contributed by atoms with E-state index in [9.17, 15) is 29.1 Å². The van der Waals surface area contributed by atoms with Crippen molar-refractivity contribution in [2.45, 2.75) is 129 Å². The van der Waals surface area contributed by atoms with Crippen LogP contribution in [0.3, 0.4) is 0 Å². The summed E-state index contributed by atoms with van der Waals surface area (Å²) in [7, 11) is 3.58. The lowest BCUT2D eigenvalue weighted by atomic mass is 9.73. The van der Waals surface area contributed by atoms with Crippen LogP contribution in [-0.4, -0.2) is 124 Å². The number of nitrogens with one attached hydrogen (secondary N) is 1. The lowest BCUT2D eigenvalue weighted by molar-refractivity contribution is -0.293. The second-order valence-electron chi connectivity index (χ2n) is 17.1. The van der Waals surface area contributed by atoms with Gasteiger partial charge in [0, 0.05) is 41.8 Å². The van der Waals surface area contributed by atoms with Crippen molar-refractivity contribution in [1.29, 1.82) is 0 Å². The van der Waals surface area contributed by atoms with Gasteiger partial charge in [-0.2, -0.15) is 0 Å². The summed E-state index contributed by atoms with van der Waals surface area (Å²) in [6.07, 6.45) is -2.97. The molecule has 0 bridgehead atoms. The molecule has 3 saturated heterocycles. The molecule has 3 aliphatic heterocycles. The standard InChI is InChI=1S/C44H59FN4O12/c1-11-32-44(8)36(48-41(54)60-44)25(4)33(50)23(2)21-43(7,61-42(55)56-22-30(45)20-28-13-15-29(16-14-28)38-46-17-12-18-47-38)37(26(5)34(51)27(6)39(53)58-32)59-40-35(52)31(49(9)10)19-24(3)57-40/h12-18,20,23-27,31-32,35-37,40,52H,11,19,21-22H2,1-10H3,(H,48,54)/b30-20-/t23-,24-,25+,26+,27-,31+,32-,35-,36-,37-,40+,43-,44-/m1/s1. The maximum absolute atomic E-state index is 15.3. The van der Waals surface area contributed by atoms with Gasteiger partial charge in [-0.05, 0) is 78.8 Å². The van der Waals surface area contributed by atoms with Crippen molar-refractivity contribution in [3.63, 3.8) is 0 Å². The summed E-state index contributed by atoms with van der Waals surface area (Å²) in [5, 5.41) is 14.3. The predicted octanol–water partition coefficient (Wildman–Crippen LogP) is 5.45. The van der Waals surface area contributed by atoms with Crippen molar-refractivity contribution in [2.75, 3.05) is 20.7 Å². The van der Waals surface area contributed by atoms with E-state index >= 15 is 4.39 Å². The minimum Gasteiger partial charge on any atom is -0.458 e. The molecule has 5 rings (SSSR count). The Bertz CT molecular complexity index is 1930. The first-order chi connectivity index (χ1) is 28.7. The molecule has 0 aliphatic carbocycles. The van der Waals surface area contributed by atoms with Crippen molar-refractivity contribution in [3.05, 3.63) is 54.1 Å². The van der Waals surface area contributed by atoms with Gasteiger partial charge in [0.1, 0.15) is 48.0 Å². The monoisotopic (exact) mass is 854 g/mol. The fraction of sp³-hybridized carbons (Fsp3) is 0.614. The molecule has 2 aromatic rings. The molecule has 61 heavy (non-hydrogen) atoms. The number of hydrogen-bond donors (Lipinski definition) is 2. The molecule has 1 amide bonds. The van der Waals surface area contributed by atoms with Crippen LogP contribution in [0.2, 0.25) is 0 Å². The van der Waals surface area contributed by atoms with Gasteiger partial charge in [0.15, 0.2) is 23.5 Å². The number of likely N-dealkylation sites (N-methyl/N-ethyl adjacent to an activating group) is 1. The summed E-state index contributed by atoms with van der Waals surface area (Å²) < 4.78 is 50.9. The zero-order valence-electron chi connectivity index (χ0n) is 36.5. The number of rotatable bonds is 9. The number of nitrogens with zero attached hydrogens (tertiary/aromatic N) is 3. The highest BCUT2D eigenvalue weighted by Gasteiger charge is 2.57. The molecule has 0 saturated carbocycles. The molecule has 17 heteroatoms. The highest BCUT2D eigenvalue weighted by atomic mass is 19.1. The van der Waals surface area contributed by atoms with Crippen LogP contribution in [0, 0.1) is 23.7 Å². The van der Waals surface area contributed by atoms with Crippen molar-refractivity contribution in [2.24, 2.45) is 23.7 Å². The van der Waals surface area contributed by atoms with Gasteiger partial charge in [0.2, 0.25) is 0 Å². The van der Waals surface area contributed by atoms with Crippen molar-refractivity contribution in [1.82, 2.24) is 20.2 Å². The van der Waals surface area contributed by atoms with Gasteiger partial charge in [-0.15, -0.1) is 0 Å². The topological polar surface area (TPSA) is 202 Å². The number of alkyl carbamates (subject to hydrolysis) is 1. The fourth-order valence-electron chi connectivity index (χ4n) is 8.83. The first-order valence-corrected chi connectivity index (χ1v) is 20.7. The molecule has 4 heterocycles. The Morgan fingerprint density at radius 1 is 1.02 bits per heavy atom. The van der Waals surface area contributed by atoms with E-state index in [1.165, 1.54) is 26.8 Å². The van der Waals surface area contributed by atoms with E-state index < -0.39 is 114 Å². The molecule has 3 fully saturated rings. The molecule has 0 unspecified atom stereocenters. The maximum Gasteiger partial charge on any atom is 0.509 e. The minimum absolute atomic E-state index is 0.189. The van der Waals surface area contributed by atoms with Crippen LogP contribution in [-0.2, 0) is 42.8 Å². The molecular weight excluding hydrogens is 795 g/mol. The number of halogens is 1. The van der Waals surface area contributed by atoms with E-state index in [2.05, 4.69) is 15.3 Å². The number of benzene rings is 1.